The minimum atomic E-state index is -0.319. The van der Waals surface area contributed by atoms with Crippen molar-refractivity contribution in [2.24, 2.45) is 0 Å². The van der Waals surface area contributed by atoms with Crippen molar-refractivity contribution in [2.45, 2.75) is 13.5 Å². The number of rotatable bonds is 6. The molecular weight excluding hydrogens is 308 g/mol. The predicted octanol–water partition coefficient (Wildman–Crippen LogP) is 2.18. The van der Waals surface area contributed by atoms with Crippen molar-refractivity contribution in [1.82, 2.24) is 0 Å². The van der Waals surface area contributed by atoms with Crippen LogP contribution in [0.4, 0.5) is 11.4 Å². The van der Waals surface area contributed by atoms with Gasteiger partial charge in [-0.05, 0) is 30.3 Å². The second kappa shape index (κ2) is 8.12. The van der Waals surface area contributed by atoms with Crippen LogP contribution in [-0.2, 0) is 16.2 Å². The Morgan fingerprint density at radius 2 is 1.79 bits per heavy atom. The van der Waals surface area contributed by atoms with Gasteiger partial charge in [0.05, 0.1) is 6.61 Å². The van der Waals surface area contributed by atoms with Gasteiger partial charge in [0.2, 0.25) is 5.91 Å². The van der Waals surface area contributed by atoms with Gasteiger partial charge in [-0.25, -0.2) is 0 Å². The lowest BCUT2D eigenvalue weighted by Crippen LogP contribution is -2.22. The molecule has 0 fully saturated rings. The summed E-state index contributed by atoms with van der Waals surface area (Å²) in [4.78, 5) is 24.8. The van der Waals surface area contributed by atoms with Gasteiger partial charge < -0.3 is 20.1 Å². The van der Waals surface area contributed by atoms with E-state index in [0.717, 1.165) is 5.69 Å². The van der Waals surface area contributed by atoms with E-state index in [2.05, 4.69) is 5.32 Å². The van der Waals surface area contributed by atoms with Crippen LogP contribution >= 0.6 is 0 Å². The maximum Gasteiger partial charge on any atom is 0.262 e. The minimum Gasteiger partial charge on any atom is -0.484 e. The smallest absolute Gasteiger partial charge is 0.262 e. The number of ether oxygens (including phenoxy) is 1. The summed E-state index contributed by atoms with van der Waals surface area (Å²) in [6.07, 6.45) is 0. The number of carbonyl (C=O) groups excluding carboxylic acids is 2. The summed E-state index contributed by atoms with van der Waals surface area (Å²) < 4.78 is 5.43. The van der Waals surface area contributed by atoms with Crippen LogP contribution in [0.1, 0.15) is 12.5 Å². The highest BCUT2D eigenvalue weighted by atomic mass is 16.5. The maximum atomic E-state index is 11.9. The van der Waals surface area contributed by atoms with Gasteiger partial charge in [0.15, 0.2) is 6.61 Å². The molecule has 2 aromatic carbocycles. The van der Waals surface area contributed by atoms with Gasteiger partial charge in [-0.15, -0.1) is 0 Å². The van der Waals surface area contributed by atoms with E-state index in [1.807, 2.05) is 0 Å². The van der Waals surface area contributed by atoms with Crippen LogP contribution in [0, 0.1) is 0 Å². The van der Waals surface area contributed by atoms with Crippen molar-refractivity contribution >= 4 is 23.2 Å². The molecule has 0 aliphatic heterocycles. The van der Waals surface area contributed by atoms with Gasteiger partial charge in [-0.3, -0.25) is 9.59 Å². The van der Waals surface area contributed by atoms with Gasteiger partial charge in [0, 0.05) is 30.9 Å². The van der Waals surface area contributed by atoms with Crippen molar-refractivity contribution < 1.29 is 19.4 Å². The molecular formula is C18H20N2O4. The quantitative estimate of drug-likeness (QED) is 0.852. The zero-order chi connectivity index (χ0) is 17.5. The number of hydrogen-bond donors (Lipinski definition) is 2. The number of carbonyl (C=O) groups is 2. The third kappa shape index (κ3) is 4.57. The van der Waals surface area contributed by atoms with Crippen LogP contribution < -0.4 is 15.0 Å². The lowest BCUT2D eigenvalue weighted by molar-refractivity contribution is -0.118. The van der Waals surface area contributed by atoms with Crippen LogP contribution in [0.15, 0.2) is 48.5 Å². The van der Waals surface area contributed by atoms with Crippen molar-refractivity contribution in [3.05, 3.63) is 54.1 Å². The molecule has 2 rings (SSSR count). The Kier molecular flexibility index (Phi) is 5.92. The molecule has 0 aliphatic rings. The Bertz CT molecular complexity index is 713. The molecule has 0 radical (unpaired) electrons. The van der Waals surface area contributed by atoms with E-state index in [1.54, 1.807) is 55.6 Å². The SMILES string of the molecule is CC(=O)N(C)c1ccc(OCC(=O)Nc2ccccc2CO)cc1. The number of benzene rings is 2. The highest BCUT2D eigenvalue weighted by Crippen LogP contribution is 2.19. The van der Waals surface area contributed by atoms with Gasteiger partial charge in [-0.2, -0.15) is 0 Å². The number of hydrogen-bond acceptors (Lipinski definition) is 4. The topological polar surface area (TPSA) is 78.9 Å². The van der Waals surface area contributed by atoms with E-state index < -0.39 is 0 Å². The summed E-state index contributed by atoms with van der Waals surface area (Å²) in [5, 5.41) is 11.9. The van der Waals surface area contributed by atoms with E-state index in [4.69, 9.17) is 4.74 Å². The van der Waals surface area contributed by atoms with Crippen LogP contribution in [-0.4, -0.2) is 30.6 Å². The third-order valence-corrected chi connectivity index (χ3v) is 3.53. The maximum absolute atomic E-state index is 11.9. The fraction of sp³-hybridized carbons (Fsp3) is 0.222. The molecule has 0 bridgehead atoms. The standard InChI is InChI=1S/C18H20N2O4/c1-13(22)20(2)15-7-9-16(10-8-15)24-12-18(23)19-17-6-4-3-5-14(17)11-21/h3-10,21H,11-12H2,1-2H3,(H,19,23). The molecule has 2 amide bonds. The van der Waals surface area contributed by atoms with Gasteiger partial charge >= 0.3 is 0 Å². The molecule has 2 aromatic rings. The van der Waals surface area contributed by atoms with Crippen molar-refractivity contribution in [3.63, 3.8) is 0 Å². The summed E-state index contributed by atoms with van der Waals surface area (Å²) in [6, 6.07) is 13.9. The number of amides is 2. The van der Waals surface area contributed by atoms with Crippen LogP contribution in [0.25, 0.3) is 0 Å². The number of para-hydroxylation sites is 1. The Balaban J connectivity index is 1.91. The second-order valence-electron chi connectivity index (χ2n) is 5.22. The molecule has 0 aliphatic carbocycles. The molecule has 0 atom stereocenters. The Labute approximate surface area is 140 Å². The molecule has 24 heavy (non-hydrogen) atoms. The van der Waals surface area contributed by atoms with E-state index in [-0.39, 0.29) is 25.0 Å². The summed E-state index contributed by atoms with van der Waals surface area (Å²) in [6.45, 7) is 1.18. The average molecular weight is 328 g/mol. The van der Waals surface area contributed by atoms with Crippen molar-refractivity contribution in [2.75, 3.05) is 23.9 Å². The molecule has 6 heteroatoms. The second-order valence-corrected chi connectivity index (χ2v) is 5.22. The zero-order valence-electron chi connectivity index (χ0n) is 13.7. The lowest BCUT2D eigenvalue weighted by atomic mass is 10.2. The predicted molar refractivity (Wildman–Crippen MR) is 92.0 cm³/mol. The third-order valence-electron chi connectivity index (χ3n) is 3.53. The van der Waals surface area contributed by atoms with Crippen LogP contribution in [0.3, 0.4) is 0 Å². The average Bonchev–Trinajstić information content (AvgIpc) is 2.60. The molecule has 0 saturated carbocycles. The molecule has 6 nitrogen and oxygen atoms in total. The van der Waals surface area contributed by atoms with Crippen LogP contribution in [0.2, 0.25) is 0 Å². The molecule has 2 N–H and O–H groups in total. The van der Waals surface area contributed by atoms with E-state index in [1.165, 1.54) is 11.8 Å². The molecule has 0 spiro atoms. The summed E-state index contributed by atoms with van der Waals surface area (Å²) >= 11 is 0. The molecule has 0 heterocycles. The highest BCUT2D eigenvalue weighted by molar-refractivity contribution is 5.92. The highest BCUT2D eigenvalue weighted by Gasteiger charge is 2.08. The summed E-state index contributed by atoms with van der Waals surface area (Å²) in [7, 11) is 1.68. The molecule has 126 valence electrons. The van der Waals surface area contributed by atoms with E-state index >= 15 is 0 Å². The molecule has 0 saturated heterocycles. The molecule has 0 unspecified atom stereocenters. The monoisotopic (exact) mass is 328 g/mol. The Morgan fingerprint density at radius 3 is 2.42 bits per heavy atom. The largest absolute Gasteiger partial charge is 0.484 e. The van der Waals surface area contributed by atoms with E-state index in [9.17, 15) is 14.7 Å². The van der Waals surface area contributed by atoms with E-state index in [0.29, 0.717) is 17.0 Å². The fourth-order valence-corrected chi connectivity index (χ4v) is 2.06. The van der Waals surface area contributed by atoms with Gasteiger partial charge in [0.25, 0.3) is 5.91 Å². The van der Waals surface area contributed by atoms with Gasteiger partial charge in [0.1, 0.15) is 5.75 Å². The first-order chi connectivity index (χ1) is 11.5. The summed E-state index contributed by atoms with van der Waals surface area (Å²) in [5.41, 5.74) is 1.95. The first-order valence-corrected chi connectivity index (χ1v) is 7.47. The lowest BCUT2D eigenvalue weighted by Gasteiger charge is -2.15. The number of anilines is 2. The number of aliphatic hydroxyl groups is 1. The summed E-state index contributed by atoms with van der Waals surface area (Å²) in [5.74, 6) is 0.146. The van der Waals surface area contributed by atoms with Gasteiger partial charge in [-0.1, -0.05) is 18.2 Å². The number of nitrogens with zero attached hydrogens (tertiary/aromatic N) is 1. The minimum absolute atomic E-state index is 0.0643. The zero-order valence-corrected chi connectivity index (χ0v) is 13.7. The first kappa shape index (κ1) is 17.5. The first-order valence-electron chi connectivity index (χ1n) is 7.47. The fourth-order valence-electron chi connectivity index (χ4n) is 2.06. The molecule has 0 aromatic heterocycles. The van der Waals surface area contributed by atoms with Crippen molar-refractivity contribution in [1.29, 1.82) is 0 Å². The number of nitrogens with one attached hydrogen (secondary N) is 1. The van der Waals surface area contributed by atoms with Crippen LogP contribution in [0.5, 0.6) is 5.75 Å². The number of aliphatic hydroxyl groups excluding tert-OH is 1. The Morgan fingerprint density at radius 1 is 1.12 bits per heavy atom. The van der Waals surface area contributed by atoms with Crippen molar-refractivity contribution in [3.8, 4) is 5.75 Å². The normalized spacial score (nSPS) is 10.1. The Hall–Kier alpha value is -2.86.